The number of hydrogen-bond donors (Lipinski definition) is 2. The van der Waals surface area contributed by atoms with Crippen LogP contribution in [0, 0.1) is 11.7 Å². The molecule has 0 saturated carbocycles. The summed E-state index contributed by atoms with van der Waals surface area (Å²) in [5.41, 5.74) is 0.116. The summed E-state index contributed by atoms with van der Waals surface area (Å²) in [6, 6.07) is 4.18. The van der Waals surface area contributed by atoms with Gasteiger partial charge in [0.05, 0.1) is 0 Å². The summed E-state index contributed by atoms with van der Waals surface area (Å²) >= 11 is 0. The Balaban J connectivity index is 2.75. The minimum atomic E-state index is -1.09. The van der Waals surface area contributed by atoms with Crippen LogP contribution in [0.2, 0.25) is 0 Å². The maximum atomic E-state index is 12.9. The summed E-state index contributed by atoms with van der Waals surface area (Å²) in [5, 5.41) is 11.4. The third kappa shape index (κ3) is 4.16. The van der Waals surface area contributed by atoms with Gasteiger partial charge in [-0.1, -0.05) is 19.9 Å². The van der Waals surface area contributed by atoms with Crippen LogP contribution in [0.1, 0.15) is 30.6 Å². The van der Waals surface area contributed by atoms with Crippen LogP contribution in [-0.2, 0) is 4.79 Å². The van der Waals surface area contributed by atoms with E-state index in [4.69, 9.17) is 5.11 Å². The molecule has 0 unspecified atom stereocenters. The van der Waals surface area contributed by atoms with E-state index in [-0.39, 0.29) is 11.5 Å². The smallest absolute Gasteiger partial charge is 0.326 e. The fourth-order valence-electron chi connectivity index (χ4n) is 1.56. The molecule has 1 rings (SSSR count). The van der Waals surface area contributed by atoms with Crippen molar-refractivity contribution in [2.45, 2.75) is 26.3 Å². The van der Waals surface area contributed by atoms with Gasteiger partial charge < -0.3 is 10.4 Å². The molecule has 0 spiro atoms. The number of amides is 1. The zero-order valence-electron chi connectivity index (χ0n) is 10.3. The number of nitrogens with one attached hydrogen (secondary N) is 1. The normalized spacial score (nSPS) is 12.2. The fourth-order valence-corrected chi connectivity index (χ4v) is 1.56. The van der Waals surface area contributed by atoms with Gasteiger partial charge in [-0.15, -0.1) is 0 Å². The van der Waals surface area contributed by atoms with E-state index in [2.05, 4.69) is 5.32 Å². The van der Waals surface area contributed by atoms with Gasteiger partial charge in [0.1, 0.15) is 11.9 Å². The molecule has 0 heterocycles. The summed E-state index contributed by atoms with van der Waals surface area (Å²) in [6.07, 6.45) is 0.330. The average Bonchev–Trinajstić information content (AvgIpc) is 2.27. The molecule has 0 fully saturated rings. The summed E-state index contributed by atoms with van der Waals surface area (Å²) < 4.78 is 12.9. The molecule has 5 heteroatoms. The number of halogens is 1. The van der Waals surface area contributed by atoms with Gasteiger partial charge in [-0.05, 0) is 30.5 Å². The minimum absolute atomic E-state index is 0.116. The Morgan fingerprint density at radius 3 is 2.56 bits per heavy atom. The molecule has 0 radical (unpaired) electrons. The van der Waals surface area contributed by atoms with Crippen molar-refractivity contribution in [3.8, 4) is 0 Å². The molecule has 1 aromatic carbocycles. The highest BCUT2D eigenvalue weighted by atomic mass is 19.1. The van der Waals surface area contributed by atoms with E-state index in [1.165, 1.54) is 18.2 Å². The van der Waals surface area contributed by atoms with Gasteiger partial charge in [0.15, 0.2) is 0 Å². The molecule has 2 N–H and O–H groups in total. The number of aliphatic carboxylic acids is 1. The van der Waals surface area contributed by atoms with Crippen LogP contribution in [0.25, 0.3) is 0 Å². The molecule has 0 aromatic heterocycles. The van der Waals surface area contributed by atoms with Gasteiger partial charge in [-0.25, -0.2) is 9.18 Å². The van der Waals surface area contributed by atoms with Crippen LogP contribution < -0.4 is 5.32 Å². The maximum Gasteiger partial charge on any atom is 0.326 e. The Bertz CT molecular complexity index is 446. The Morgan fingerprint density at radius 1 is 1.39 bits per heavy atom. The van der Waals surface area contributed by atoms with Gasteiger partial charge >= 0.3 is 5.97 Å². The highest BCUT2D eigenvalue weighted by molar-refractivity contribution is 5.96. The number of rotatable bonds is 5. The van der Waals surface area contributed by atoms with E-state index in [1.807, 2.05) is 13.8 Å². The van der Waals surface area contributed by atoms with Crippen molar-refractivity contribution in [1.82, 2.24) is 5.32 Å². The molecule has 18 heavy (non-hydrogen) atoms. The largest absolute Gasteiger partial charge is 0.480 e. The van der Waals surface area contributed by atoms with E-state index < -0.39 is 23.7 Å². The lowest BCUT2D eigenvalue weighted by Crippen LogP contribution is -2.41. The first kappa shape index (κ1) is 14.2. The molecule has 0 aliphatic rings. The van der Waals surface area contributed by atoms with Crippen LogP contribution in [0.5, 0.6) is 0 Å². The van der Waals surface area contributed by atoms with Crippen LogP contribution >= 0.6 is 0 Å². The van der Waals surface area contributed by atoms with Crippen LogP contribution in [-0.4, -0.2) is 23.0 Å². The van der Waals surface area contributed by atoms with Gasteiger partial charge in [0.25, 0.3) is 5.91 Å². The Labute approximate surface area is 105 Å². The molecule has 4 nitrogen and oxygen atoms in total. The van der Waals surface area contributed by atoms with E-state index >= 15 is 0 Å². The van der Waals surface area contributed by atoms with E-state index in [1.54, 1.807) is 0 Å². The summed E-state index contributed by atoms with van der Waals surface area (Å²) in [6.45, 7) is 3.73. The highest BCUT2D eigenvalue weighted by Crippen LogP contribution is 2.08. The predicted octanol–water partition coefficient (Wildman–Crippen LogP) is 2.05. The van der Waals surface area contributed by atoms with Crippen molar-refractivity contribution in [3.05, 3.63) is 35.6 Å². The monoisotopic (exact) mass is 253 g/mol. The summed E-state index contributed by atoms with van der Waals surface area (Å²) in [4.78, 5) is 22.7. The van der Waals surface area contributed by atoms with E-state index in [0.29, 0.717) is 6.42 Å². The van der Waals surface area contributed by atoms with E-state index in [0.717, 1.165) is 6.07 Å². The van der Waals surface area contributed by atoms with Gasteiger partial charge in [-0.3, -0.25) is 4.79 Å². The summed E-state index contributed by atoms with van der Waals surface area (Å²) in [7, 11) is 0. The van der Waals surface area contributed by atoms with Gasteiger partial charge in [-0.2, -0.15) is 0 Å². The molecule has 1 amide bonds. The average molecular weight is 253 g/mol. The minimum Gasteiger partial charge on any atom is -0.480 e. The van der Waals surface area contributed by atoms with Crippen molar-refractivity contribution in [2.75, 3.05) is 0 Å². The fraction of sp³-hybridized carbons (Fsp3) is 0.385. The highest BCUT2D eigenvalue weighted by Gasteiger charge is 2.21. The third-order valence-corrected chi connectivity index (χ3v) is 2.40. The Hall–Kier alpha value is -1.91. The van der Waals surface area contributed by atoms with Crippen molar-refractivity contribution in [3.63, 3.8) is 0 Å². The van der Waals surface area contributed by atoms with Crippen molar-refractivity contribution in [1.29, 1.82) is 0 Å². The second kappa shape index (κ2) is 6.14. The molecular weight excluding hydrogens is 237 g/mol. The first-order chi connectivity index (χ1) is 8.40. The zero-order valence-corrected chi connectivity index (χ0v) is 10.3. The molecule has 0 aliphatic heterocycles. The molecule has 1 atom stereocenters. The number of carboxylic acids is 1. The Kier molecular flexibility index (Phi) is 4.83. The van der Waals surface area contributed by atoms with Crippen molar-refractivity contribution >= 4 is 11.9 Å². The molecular formula is C13H16FNO3. The standard InChI is InChI=1S/C13H16FNO3/c1-8(2)6-11(13(17)18)15-12(16)9-4-3-5-10(14)7-9/h3-5,7-8,11H,6H2,1-2H3,(H,15,16)(H,17,18)/t11-/m1/s1. The van der Waals surface area contributed by atoms with E-state index in [9.17, 15) is 14.0 Å². The topological polar surface area (TPSA) is 66.4 Å². The van der Waals surface area contributed by atoms with Crippen LogP contribution in [0.3, 0.4) is 0 Å². The van der Waals surface area contributed by atoms with Crippen LogP contribution in [0.15, 0.2) is 24.3 Å². The number of carbonyl (C=O) groups is 2. The lowest BCUT2D eigenvalue weighted by Gasteiger charge is -2.16. The second-order valence-corrected chi connectivity index (χ2v) is 4.50. The predicted molar refractivity (Wildman–Crippen MR) is 64.7 cm³/mol. The van der Waals surface area contributed by atoms with Gasteiger partial charge in [0, 0.05) is 5.56 Å². The number of carbonyl (C=O) groups excluding carboxylic acids is 1. The maximum absolute atomic E-state index is 12.9. The van der Waals surface area contributed by atoms with Gasteiger partial charge in [0.2, 0.25) is 0 Å². The lowest BCUT2D eigenvalue weighted by molar-refractivity contribution is -0.139. The number of carboxylic acid groups (broad SMARTS) is 1. The number of hydrogen-bond acceptors (Lipinski definition) is 2. The quantitative estimate of drug-likeness (QED) is 0.844. The lowest BCUT2D eigenvalue weighted by atomic mass is 10.0. The molecule has 0 aliphatic carbocycles. The molecule has 0 saturated heterocycles. The second-order valence-electron chi connectivity index (χ2n) is 4.50. The first-order valence-corrected chi connectivity index (χ1v) is 5.69. The van der Waals surface area contributed by atoms with Crippen molar-refractivity contribution in [2.24, 2.45) is 5.92 Å². The molecule has 98 valence electrons. The SMILES string of the molecule is CC(C)C[C@@H](NC(=O)c1cccc(F)c1)C(=O)O. The first-order valence-electron chi connectivity index (χ1n) is 5.69. The number of benzene rings is 1. The molecule has 1 aromatic rings. The van der Waals surface area contributed by atoms with Crippen molar-refractivity contribution < 1.29 is 19.1 Å². The summed E-state index contributed by atoms with van der Waals surface area (Å²) in [5.74, 6) is -2.06. The van der Waals surface area contributed by atoms with Crippen LogP contribution in [0.4, 0.5) is 4.39 Å². The third-order valence-electron chi connectivity index (χ3n) is 2.40. The Morgan fingerprint density at radius 2 is 2.06 bits per heavy atom. The zero-order chi connectivity index (χ0) is 13.7. The molecule has 0 bridgehead atoms.